The maximum atomic E-state index is 14.3. The van der Waals surface area contributed by atoms with Gasteiger partial charge in [-0.25, -0.2) is 14.4 Å². The number of benzene rings is 2. The first-order valence-corrected chi connectivity index (χ1v) is 17.3. The van der Waals surface area contributed by atoms with Gasteiger partial charge in [0.05, 0.1) is 11.2 Å². The molecule has 246 valence electrons. The molecule has 2 aliphatic rings. The van der Waals surface area contributed by atoms with Gasteiger partial charge < -0.3 is 25.6 Å². The predicted molar refractivity (Wildman–Crippen MR) is 182 cm³/mol. The highest BCUT2D eigenvalue weighted by Gasteiger charge is 2.26. The van der Waals surface area contributed by atoms with E-state index in [1.807, 2.05) is 25.1 Å². The average Bonchev–Trinajstić information content (AvgIpc) is 3.54. The van der Waals surface area contributed by atoms with Gasteiger partial charge in [-0.3, -0.25) is 9.59 Å². The highest BCUT2D eigenvalue weighted by Crippen LogP contribution is 2.29. The third-order valence-corrected chi connectivity index (χ3v) is 9.57. The lowest BCUT2D eigenvalue weighted by molar-refractivity contribution is 0.0888. The van der Waals surface area contributed by atoms with Crippen LogP contribution in [0.5, 0.6) is 11.6 Å². The number of rotatable bonds is 11. The van der Waals surface area contributed by atoms with E-state index in [2.05, 4.69) is 55.1 Å². The minimum Gasteiger partial charge on any atom is -0.438 e. The quantitative estimate of drug-likeness (QED) is 0.189. The van der Waals surface area contributed by atoms with Gasteiger partial charge in [-0.2, -0.15) is 0 Å². The van der Waals surface area contributed by atoms with E-state index in [0.717, 1.165) is 86.8 Å². The van der Waals surface area contributed by atoms with Gasteiger partial charge in [0.15, 0.2) is 0 Å². The number of halogens is 1. The molecule has 1 aliphatic carbocycles. The van der Waals surface area contributed by atoms with Gasteiger partial charge in [-0.15, -0.1) is 11.3 Å². The fraction of sp³-hybridized carbons (Fsp3) is 0.389. The van der Waals surface area contributed by atoms with Gasteiger partial charge in [0, 0.05) is 43.6 Å². The standard InChI is InChI=1S/C36H41FN6O3S/c1-24-40-33(23-47-24)35(45)42-30-13-11-29(12-14-30)41-34(44)32-21-28(37)22-39-36(32)46-31-6-2-5-27(20-31)26-9-7-25(8-10-26)4-3-17-43-18-15-38-16-19-43/h2,5-10,20-23,29-30,38H,3-4,11-19H2,1H3,(H,41,44)(H,42,45)/t29-,30-. The minimum atomic E-state index is -0.618. The van der Waals surface area contributed by atoms with Crippen molar-refractivity contribution in [3.8, 4) is 22.8 Å². The van der Waals surface area contributed by atoms with Crippen molar-refractivity contribution in [3.63, 3.8) is 0 Å². The van der Waals surface area contributed by atoms with Crippen molar-refractivity contribution in [3.05, 3.63) is 93.8 Å². The zero-order valence-electron chi connectivity index (χ0n) is 26.6. The summed E-state index contributed by atoms with van der Waals surface area (Å²) in [7, 11) is 0. The molecule has 2 aromatic heterocycles. The summed E-state index contributed by atoms with van der Waals surface area (Å²) in [5.74, 6) is -0.691. The van der Waals surface area contributed by atoms with Gasteiger partial charge >= 0.3 is 0 Å². The lowest BCUT2D eigenvalue weighted by Crippen LogP contribution is -2.44. The molecule has 3 N–H and O–H groups in total. The van der Waals surface area contributed by atoms with Gasteiger partial charge in [-0.1, -0.05) is 36.4 Å². The number of piperazine rings is 1. The number of aryl methyl sites for hydroxylation is 2. The second-order valence-corrected chi connectivity index (χ2v) is 13.3. The number of thiazole rings is 1. The molecule has 2 amide bonds. The largest absolute Gasteiger partial charge is 0.438 e. The van der Waals surface area contributed by atoms with Crippen molar-refractivity contribution >= 4 is 23.2 Å². The molecular formula is C36H41FN6O3S. The Kier molecular flexibility index (Phi) is 10.9. The van der Waals surface area contributed by atoms with Gasteiger partial charge in [-0.05, 0) is 86.9 Å². The SMILES string of the molecule is Cc1nc(C(=O)N[C@H]2CC[C@H](NC(=O)c3cc(F)cnc3Oc3cccc(-c4ccc(CCCN5CCNCC5)cc4)c3)CC2)cs1. The van der Waals surface area contributed by atoms with E-state index in [9.17, 15) is 14.0 Å². The fourth-order valence-corrected chi connectivity index (χ4v) is 6.79. The van der Waals surface area contributed by atoms with Crippen molar-refractivity contribution in [2.24, 2.45) is 0 Å². The van der Waals surface area contributed by atoms with Crippen LogP contribution in [0.4, 0.5) is 4.39 Å². The number of nitrogens with zero attached hydrogens (tertiary/aromatic N) is 3. The number of nitrogens with one attached hydrogen (secondary N) is 3. The Hall–Kier alpha value is -4.19. The normalized spacial score (nSPS) is 18.4. The van der Waals surface area contributed by atoms with E-state index < -0.39 is 11.7 Å². The van der Waals surface area contributed by atoms with Crippen LogP contribution in [0.25, 0.3) is 11.1 Å². The zero-order valence-corrected chi connectivity index (χ0v) is 27.5. The van der Waals surface area contributed by atoms with Gasteiger partial charge in [0.25, 0.3) is 11.8 Å². The second-order valence-electron chi connectivity index (χ2n) is 12.3. The molecule has 47 heavy (non-hydrogen) atoms. The van der Waals surface area contributed by atoms with Crippen LogP contribution in [0.1, 0.15) is 63.5 Å². The van der Waals surface area contributed by atoms with Crippen LogP contribution in [0.2, 0.25) is 0 Å². The van der Waals surface area contributed by atoms with E-state index >= 15 is 0 Å². The Morgan fingerprint density at radius 2 is 1.70 bits per heavy atom. The summed E-state index contributed by atoms with van der Waals surface area (Å²) in [5.41, 5.74) is 3.81. The summed E-state index contributed by atoms with van der Waals surface area (Å²) in [6, 6.07) is 17.2. The van der Waals surface area contributed by atoms with Crippen LogP contribution >= 0.6 is 11.3 Å². The monoisotopic (exact) mass is 656 g/mol. The number of ether oxygens (including phenoxy) is 1. The highest BCUT2D eigenvalue weighted by molar-refractivity contribution is 7.09. The molecule has 3 heterocycles. The first-order chi connectivity index (χ1) is 22.9. The molecule has 9 nitrogen and oxygen atoms in total. The van der Waals surface area contributed by atoms with Crippen LogP contribution in [0.3, 0.4) is 0 Å². The lowest BCUT2D eigenvalue weighted by atomic mass is 9.91. The molecule has 11 heteroatoms. The second kappa shape index (κ2) is 15.6. The molecule has 0 spiro atoms. The number of carbonyl (C=O) groups excluding carboxylic acids is 2. The first-order valence-electron chi connectivity index (χ1n) is 16.4. The molecule has 0 atom stereocenters. The Labute approximate surface area is 279 Å². The Balaban J connectivity index is 1.03. The summed E-state index contributed by atoms with van der Waals surface area (Å²) in [4.78, 5) is 36.7. The summed E-state index contributed by atoms with van der Waals surface area (Å²) < 4.78 is 20.4. The number of amides is 2. The Bertz CT molecular complexity index is 1670. The van der Waals surface area contributed by atoms with Crippen LogP contribution in [0.15, 0.2) is 66.2 Å². The molecule has 6 rings (SSSR count). The molecule has 0 bridgehead atoms. The fourth-order valence-electron chi connectivity index (χ4n) is 6.20. The minimum absolute atomic E-state index is 0.0123. The summed E-state index contributed by atoms with van der Waals surface area (Å²) >= 11 is 1.44. The maximum absolute atomic E-state index is 14.3. The molecule has 2 aromatic carbocycles. The molecule has 0 unspecified atom stereocenters. The van der Waals surface area contributed by atoms with Crippen molar-refractivity contribution in [2.45, 2.75) is 57.5 Å². The van der Waals surface area contributed by atoms with Crippen molar-refractivity contribution in [1.29, 1.82) is 0 Å². The number of hydrogen-bond donors (Lipinski definition) is 3. The number of pyridine rings is 1. The van der Waals surface area contributed by atoms with E-state index in [4.69, 9.17) is 4.74 Å². The predicted octanol–water partition coefficient (Wildman–Crippen LogP) is 5.75. The highest BCUT2D eigenvalue weighted by atomic mass is 32.1. The Morgan fingerprint density at radius 3 is 2.40 bits per heavy atom. The topological polar surface area (TPSA) is 108 Å². The lowest BCUT2D eigenvalue weighted by Gasteiger charge is -2.29. The first kappa shape index (κ1) is 32.7. The third-order valence-electron chi connectivity index (χ3n) is 8.80. The number of carbonyl (C=O) groups is 2. The molecule has 2 fully saturated rings. The smallest absolute Gasteiger partial charge is 0.270 e. The molecule has 1 saturated heterocycles. The molecular weight excluding hydrogens is 616 g/mol. The van der Waals surface area contributed by atoms with Crippen LogP contribution in [0, 0.1) is 12.7 Å². The number of hydrogen-bond acceptors (Lipinski definition) is 8. The molecule has 1 aliphatic heterocycles. The summed E-state index contributed by atoms with van der Waals surface area (Å²) in [6.45, 7) is 7.37. The Morgan fingerprint density at radius 1 is 0.979 bits per heavy atom. The van der Waals surface area contributed by atoms with Gasteiger partial charge in [0.1, 0.15) is 22.8 Å². The van der Waals surface area contributed by atoms with E-state index in [1.54, 1.807) is 11.4 Å². The average molecular weight is 657 g/mol. The summed E-state index contributed by atoms with van der Waals surface area (Å²) in [6.07, 6.45) is 6.03. The maximum Gasteiger partial charge on any atom is 0.270 e. The molecule has 4 aromatic rings. The van der Waals surface area contributed by atoms with E-state index in [-0.39, 0.29) is 29.4 Å². The zero-order chi connectivity index (χ0) is 32.6. The number of aromatic nitrogens is 2. The van der Waals surface area contributed by atoms with E-state index in [1.165, 1.54) is 16.9 Å². The van der Waals surface area contributed by atoms with Crippen molar-refractivity contribution in [1.82, 2.24) is 30.8 Å². The van der Waals surface area contributed by atoms with Crippen LogP contribution in [-0.4, -0.2) is 71.5 Å². The van der Waals surface area contributed by atoms with Gasteiger partial charge in [0.2, 0.25) is 5.88 Å². The van der Waals surface area contributed by atoms with Crippen LogP contribution < -0.4 is 20.7 Å². The van der Waals surface area contributed by atoms with Crippen LogP contribution in [-0.2, 0) is 6.42 Å². The van der Waals surface area contributed by atoms with Crippen molar-refractivity contribution < 1.29 is 18.7 Å². The van der Waals surface area contributed by atoms with E-state index in [0.29, 0.717) is 24.3 Å². The molecule has 0 radical (unpaired) electrons. The molecule has 1 saturated carbocycles. The van der Waals surface area contributed by atoms with Crippen molar-refractivity contribution in [2.75, 3.05) is 32.7 Å². The third kappa shape index (κ3) is 9.00. The summed E-state index contributed by atoms with van der Waals surface area (Å²) in [5, 5.41) is 12.1.